The van der Waals surface area contributed by atoms with Gasteiger partial charge in [0.15, 0.2) is 0 Å². The van der Waals surface area contributed by atoms with Gasteiger partial charge in [-0.05, 0) is 28.1 Å². The summed E-state index contributed by atoms with van der Waals surface area (Å²) < 4.78 is 0.974. The summed E-state index contributed by atoms with van der Waals surface area (Å²) in [6.07, 6.45) is 3.73. The molecule has 2 saturated heterocycles. The third-order valence-electron chi connectivity index (χ3n) is 4.45. The van der Waals surface area contributed by atoms with Gasteiger partial charge >= 0.3 is 0 Å². The highest BCUT2D eigenvalue weighted by Gasteiger charge is 2.28. The lowest BCUT2D eigenvalue weighted by Crippen LogP contribution is -2.61. The van der Waals surface area contributed by atoms with E-state index in [2.05, 4.69) is 47.1 Å². The average molecular weight is 348 g/mol. The summed E-state index contributed by atoms with van der Waals surface area (Å²) in [5.74, 6) is 0. The lowest BCUT2D eigenvalue weighted by atomic mass is 10.1. The maximum atomic E-state index is 4.56. The van der Waals surface area contributed by atoms with Crippen LogP contribution in [0.15, 0.2) is 29.0 Å². The molecule has 2 aliphatic heterocycles. The van der Waals surface area contributed by atoms with Crippen molar-refractivity contribution in [2.45, 2.75) is 6.04 Å². The molecular formula is C15H18BrN5. The van der Waals surface area contributed by atoms with Gasteiger partial charge in [0.05, 0.1) is 11.2 Å². The summed E-state index contributed by atoms with van der Waals surface area (Å²) in [5.41, 5.74) is 3.16. The van der Waals surface area contributed by atoms with Gasteiger partial charge in [0.1, 0.15) is 5.52 Å². The number of piperazine rings is 1. The van der Waals surface area contributed by atoms with Crippen molar-refractivity contribution in [3.63, 3.8) is 0 Å². The fourth-order valence-corrected chi connectivity index (χ4v) is 3.43. The number of hydrogen-bond donors (Lipinski definition) is 1. The number of rotatable bonds is 2. The molecule has 2 aliphatic rings. The molecule has 0 aliphatic carbocycles. The molecule has 0 unspecified atom stereocenters. The minimum atomic E-state index is 0.746. The molecule has 0 aromatic carbocycles. The molecule has 2 aromatic heterocycles. The van der Waals surface area contributed by atoms with Crippen LogP contribution in [0.4, 0.5) is 5.69 Å². The third-order valence-corrected chi connectivity index (χ3v) is 4.89. The highest BCUT2D eigenvalue weighted by Crippen LogP contribution is 2.26. The van der Waals surface area contributed by atoms with E-state index in [9.17, 15) is 0 Å². The average Bonchev–Trinajstić information content (AvgIpc) is 2.45. The van der Waals surface area contributed by atoms with Crippen molar-refractivity contribution >= 4 is 32.7 Å². The maximum Gasteiger partial charge on any atom is 0.112 e. The van der Waals surface area contributed by atoms with Gasteiger partial charge in [-0.15, -0.1) is 0 Å². The Bertz CT molecular complexity index is 650. The van der Waals surface area contributed by atoms with Crippen LogP contribution in [0.25, 0.3) is 11.0 Å². The largest absolute Gasteiger partial charge is 0.367 e. The molecule has 1 N–H and O–H groups in total. The number of halogens is 1. The number of anilines is 1. The smallest absolute Gasteiger partial charge is 0.112 e. The van der Waals surface area contributed by atoms with E-state index in [4.69, 9.17) is 0 Å². The molecule has 5 nitrogen and oxygen atoms in total. The fourth-order valence-electron chi connectivity index (χ4n) is 3.11. The van der Waals surface area contributed by atoms with Crippen molar-refractivity contribution in [3.05, 3.63) is 29.0 Å². The molecule has 21 heavy (non-hydrogen) atoms. The number of nitrogens with zero attached hydrogens (tertiary/aromatic N) is 4. The fraction of sp³-hybridized carbons (Fsp3) is 0.467. The van der Waals surface area contributed by atoms with E-state index in [0.29, 0.717) is 0 Å². The monoisotopic (exact) mass is 347 g/mol. The number of pyridine rings is 2. The molecule has 4 heterocycles. The third kappa shape index (κ3) is 2.52. The Morgan fingerprint density at radius 3 is 2.67 bits per heavy atom. The molecule has 4 rings (SSSR count). The first-order valence-corrected chi connectivity index (χ1v) is 8.20. The molecule has 0 spiro atoms. The molecule has 6 heteroatoms. The van der Waals surface area contributed by atoms with Crippen LogP contribution in [0.2, 0.25) is 0 Å². The lowest BCUT2D eigenvalue weighted by Gasteiger charge is -2.43. The van der Waals surface area contributed by atoms with Crippen LogP contribution in [0.5, 0.6) is 0 Å². The second-order valence-corrected chi connectivity index (χ2v) is 6.60. The van der Waals surface area contributed by atoms with Crippen molar-refractivity contribution in [1.82, 2.24) is 20.2 Å². The summed E-state index contributed by atoms with van der Waals surface area (Å²) in [6.45, 7) is 6.68. The highest BCUT2D eigenvalue weighted by atomic mass is 79.9. The van der Waals surface area contributed by atoms with E-state index in [-0.39, 0.29) is 0 Å². The Morgan fingerprint density at radius 2 is 1.95 bits per heavy atom. The molecule has 0 atom stereocenters. The van der Waals surface area contributed by atoms with Gasteiger partial charge in [-0.2, -0.15) is 0 Å². The Morgan fingerprint density at radius 1 is 1.14 bits per heavy atom. The van der Waals surface area contributed by atoms with Crippen LogP contribution in [0, 0.1) is 0 Å². The Labute approximate surface area is 132 Å². The van der Waals surface area contributed by atoms with Crippen molar-refractivity contribution in [1.29, 1.82) is 0 Å². The minimum Gasteiger partial charge on any atom is -0.367 e. The SMILES string of the molecule is Brc1cnc2c(N3CCN(C4CNC4)CC3)ccnc2c1. The van der Waals surface area contributed by atoms with E-state index in [1.165, 1.54) is 5.69 Å². The molecule has 0 amide bonds. The van der Waals surface area contributed by atoms with Gasteiger partial charge in [0.25, 0.3) is 0 Å². The van der Waals surface area contributed by atoms with Crippen LogP contribution in [-0.4, -0.2) is 60.2 Å². The number of fused-ring (bicyclic) bond motifs is 1. The van der Waals surface area contributed by atoms with E-state index < -0.39 is 0 Å². The van der Waals surface area contributed by atoms with Crippen molar-refractivity contribution in [3.8, 4) is 0 Å². The zero-order chi connectivity index (χ0) is 14.2. The molecule has 110 valence electrons. The normalized spacial score (nSPS) is 20.7. The molecule has 0 bridgehead atoms. The first-order valence-electron chi connectivity index (χ1n) is 7.41. The summed E-state index contributed by atoms with van der Waals surface area (Å²) in [6, 6.07) is 4.86. The lowest BCUT2D eigenvalue weighted by molar-refractivity contribution is 0.138. The molecule has 2 fully saturated rings. The van der Waals surface area contributed by atoms with Crippen LogP contribution < -0.4 is 10.2 Å². The standard InChI is InChI=1S/C15H18BrN5/c16-11-7-13-15(19-8-11)14(1-2-18-13)21-5-3-20(4-6-21)12-9-17-10-12/h1-2,7-8,12,17H,3-6,9-10H2. The topological polar surface area (TPSA) is 44.3 Å². The zero-order valence-corrected chi connectivity index (χ0v) is 13.4. The first-order chi connectivity index (χ1) is 10.3. The minimum absolute atomic E-state index is 0.746. The number of aromatic nitrogens is 2. The predicted molar refractivity (Wildman–Crippen MR) is 87.7 cm³/mol. The maximum absolute atomic E-state index is 4.56. The first kappa shape index (κ1) is 13.4. The summed E-state index contributed by atoms with van der Waals surface area (Å²) in [7, 11) is 0. The Hall–Kier alpha value is -1.24. The summed E-state index contributed by atoms with van der Waals surface area (Å²) >= 11 is 3.46. The van der Waals surface area contributed by atoms with Gasteiger partial charge in [-0.1, -0.05) is 0 Å². The van der Waals surface area contributed by atoms with Gasteiger partial charge in [0, 0.05) is 62.2 Å². The van der Waals surface area contributed by atoms with E-state index >= 15 is 0 Å². The molecule has 0 radical (unpaired) electrons. The van der Waals surface area contributed by atoms with E-state index in [0.717, 1.165) is 60.8 Å². The van der Waals surface area contributed by atoms with Gasteiger partial charge in [0.2, 0.25) is 0 Å². The number of hydrogen-bond acceptors (Lipinski definition) is 5. The van der Waals surface area contributed by atoms with E-state index in [1.54, 1.807) is 0 Å². The van der Waals surface area contributed by atoms with Crippen molar-refractivity contribution in [2.24, 2.45) is 0 Å². The van der Waals surface area contributed by atoms with Gasteiger partial charge in [-0.3, -0.25) is 14.9 Å². The van der Waals surface area contributed by atoms with Crippen molar-refractivity contribution < 1.29 is 0 Å². The zero-order valence-electron chi connectivity index (χ0n) is 11.8. The highest BCUT2D eigenvalue weighted by molar-refractivity contribution is 9.10. The Kier molecular flexibility index (Phi) is 3.52. The number of nitrogens with one attached hydrogen (secondary N) is 1. The quantitative estimate of drug-likeness (QED) is 0.891. The summed E-state index contributed by atoms with van der Waals surface area (Å²) in [5, 5.41) is 3.35. The van der Waals surface area contributed by atoms with Crippen LogP contribution in [0.1, 0.15) is 0 Å². The molecular weight excluding hydrogens is 330 g/mol. The van der Waals surface area contributed by atoms with Gasteiger partial charge in [-0.25, -0.2) is 0 Å². The van der Waals surface area contributed by atoms with Gasteiger partial charge < -0.3 is 10.2 Å². The van der Waals surface area contributed by atoms with E-state index in [1.807, 2.05) is 18.5 Å². The molecule has 0 saturated carbocycles. The van der Waals surface area contributed by atoms with Crippen molar-refractivity contribution in [2.75, 3.05) is 44.2 Å². The molecule has 2 aromatic rings. The second kappa shape index (κ2) is 5.51. The van der Waals surface area contributed by atoms with Crippen LogP contribution in [0.3, 0.4) is 0 Å². The summed E-state index contributed by atoms with van der Waals surface area (Å²) in [4.78, 5) is 14.0. The second-order valence-electron chi connectivity index (χ2n) is 5.69. The van der Waals surface area contributed by atoms with Crippen LogP contribution in [-0.2, 0) is 0 Å². The Balaban J connectivity index is 1.56. The van der Waals surface area contributed by atoms with Crippen LogP contribution >= 0.6 is 15.9 Å². The predicted octanol–water partition coefficient (Wildman–Crippen LogP) is 1.49.